The van der Waals surface area contributed by atoms with Gasteiger partial charge < -0.3 is 25.2 Å². The fourth-order valence-corrected chi connectivity index (χ4v) is 5.25. The summed E-state index contributed by atoms with van der Waals surface area (Å²) >= 11 is 0. The summed E-state index contributed by atoms with van der Waals surface area (Å²) in [7, 11) is 0. The number of rotatable bonds is 4. The van der Waals surface area contributed by atoms with E-state index in [4.69, 9.17) is 20.3 Å². The largest absolute Gasteiger partial charge is 0.487 e. The van der Waals surface area contributed by atoms with Crippen LogP contribution in [0.25, 0.3) is 0 Å². The van der Waals surface area contributed by atoms with Crippen molar-refractivity contribution in [1.29, 1.82) is 0 Å². The highest BCUT2D eigenvalue weighted by molar-refractivity contribution is 5.82. The average Bonchev–Trinajstić information content (AvgIpc) is 2.69. The lowest BCUT2D eigenvalue weighted by atomic mass is 9.70. The quantitative estimate of drug-likeness (QED) is 0.782. The Morgan fingerprint density at radius 3 is 2.87 bits per heavy atom. The predicted octanol–water partition coefficient (Wildman–Crippen LogP) is 2.65. The first-order chi connectivity index (χ1) is 14.2. The van der Waals surface area contributed by atoms with Crippen molar-refractivity contribution in [2.75, 3.05) is 13.1 Å². The van der Waals surface area contributed by atoms with E-state index >= 15 is 0 Å². The third-order valence-corrected chi connectivity index (χ3v) is 6.95. The average molecular weight is 417 g/mol. The van der Waals surface area contributed by atoms with Gasteiger partial charge >= 0.3 is 5.97 Å². The van der Waals surface area contributed by atoms with Crippen LogP contribution in [-0.4, -0.2) is 52.7 Å². The van der Waals surface area contributed by atoms with E-state index in [1.165, 1.54) is 5.56 Å². The van der Waals surface area contributed by atoms with E-state index in [1.807, 2.05) is 0 Å². The number of carbonyl (C=O) groups is 2. The second kappa shape index (κ2) is 7.85. The van der Waals surface area contributed by atoms with Gasteiger partial charge in [-0.05, 0) is 51.7 Å². The first-order valence-electron chi connectivity index (χ1n) is 10.9. The minimum atomic E-state index is -0.932. The molecule has 0 unspecified atom stereocenters. The molecule has 2 fully saturated rings. The monoisotopic (exact) mass is 416 g/mol. The number of carbonyl (C=O) groups excluding carboxylic acids is 1. The Morgan fingerprint density at radius 2 is 2.13 bits per heavy atom. The fraction of sp³-hybridized carbons (Fsp3) is 0.652. The summed E-state index contributed by atoms with van der Waals surface area (Å²) in [6.45, 7) is 7.50. The summed E-state index contributed by atoms with van der Waals surface area (Å²) in [5.74, 6) is 0.252. The second-order valence-electron chi connectivity index (χ2n) is 9.56. The Hall–Kier alpha value is -2.12. The molecule has 0 radical (unpaired) electrons. The number of aliphatic carboxylic acids is 1. The van der Waals surface area contributed by atoms with Gasteiger partial charge in [0.15, 0.2) is 0 Å². The molecule has 5 atom stereocenters. The molecule has 3 heterocycles. The van der Waals surface area contributed by atoms with Gasteiger partial charge in [0.1, 0.15) is 11.4 Å². The molecule has 0 aliphatic carbocycles. The molecule has 4 rings (SSSR count). The number of nitrogens with two attached hydrogens (primary N) is 1. The molecule has 2 saturated heterocycles. The number of carboxylic acid groups (broad SMARTS) is 1. The van der Waals surface area contributed by atoms with E-state index < -0.39 is 12.0 Å². The molecule has 0 spiro atoms. The van der Waals surface area contributed by atoms with Gasteiger partial charge in [-0.3, -0.25) is 9.59 Å². The summed E-state index contributed by atoms with van der Waals surface area (Å²) < 4.78 is 13.0. The lowest BCUT2D eigenvalue weighted by molar-refractivity contribution is -0.189. The van der Waals surface area contributed by atoms with Gasteiger partial charge in [-0.25, -0.2) is 0 Å². The Bertz CT molecular complexity index is 839. The van der Waals surface area contributed by atoms with Crippen molar-refractivity contribution in [2.24, 2.45) is 17.6 Å². The first kappa shape index (κ1) is 21.1. The number of piperidine rings is 1. The van der Waals surface area contributed by atoms with Crippen LogP contribution < -0.4 is 10.5 Å². The van der Waals surface area contributed by atoms with Crippen molar-refractivity contribution in [2.45, 2.75) is 70.3 Å². The van der Waals surface area contributed by atoms with Gasteiger partial charge in [0.05, 0.1) is 18.2 Å². The minimum absolute atomic E-state index is 0.00525. The Labute approximate surface area is 177 Å². The second-order valence-corrected chi connectivity index (χ2v) is 9.56. The highest BCUT2D eigenvalue weighted by atomic mass is 16.5. The lowest BCUT2D eigenvalue weighted by Gasteiger charge is -2.53. The number of amides is 1. The molecule has 7 nitrogen and oxygen atoms in total. The van der Waals surface area contributed by atoms with Crippen LogP contribution in [-0.2, 0) is 14.3 Å². The van der Waals surface area contributed by atoms with E-state index in [9.17, 15) is 9.59 Å². The van der Waals surface area contributed by atoms with Crippen molar-refractivity contribution >= 4 is 11.9 Å². The number of benzene rings is 1. The van der Waals surface area contributed by atoms with E-state index in [1.54, 1.807) is 4.90 Å². The summed E-state index contributed by atoms with van der Waals surface area (Å²) in [4.78, 5) is 25.3. The smallest absolute Gasteiger partial charge is 0.303 e. The molecular formula is C23H32N2O5. The molecule has 3 aliphatic heterocycles. The Balaban J connectivity index is 1.48. The molecule has 1 aromatic rings. The third kappa shape index (κ3) is 3.93. The zero-order valence-corrected chi connectivity index (χ0v) is 18.0. The molecule has 1 aromatic carbocycles. The van der Waals surface area contributed by atoms with E-state index in [0.717, 1.165) is 24.2 Å². The van der Waals surface area contributed by atoms with E-state index in [-0.39, 0.29) is 48.4 Å². The Kier molecular flexibility index (Phi) is 5.53. The molecule has 7 heteroatoms. The third-order valence-electron chi connectivity index (χ3n) is 6.95. The number of fused-ring (bicyclic) bond motifs is 4. The SMILES string of the molecule is Cc1ccc2c(c1)OC(C)(C)[C@H]1C[C@@H]3CN(C(=O)[C@@H](N)CCC(=O)O)CC[C@@H]3O[C@H]21. The minimum Gasteiger partial charge on any atom is -0.487 e. The maximum absolute atomic E-state index is 12.7. The summed E-state index contributed by atoms with van der Waals surface area (Å²) in [5, 5.41) is 8.84. The van der Waals surface area contributed by atoms with Crippen molar-refractivity contribution in [3.63, 3.8) is 0 Å². The van der Waals surface area contributed by atoms with Crippen molar-refractivity contribution < 1.29 is 24.2 Å². The predicted molar refractivity (Wildman–Crippen MR) is 111 cm³/mol. The van der Waals surface area contributed by atoms with Crippen molar-refractivity contribution in [1.82, 2.24) is 4.90 Å². The highest BCUT2D eigenvalue weighted by Crippen LogP contribution is 2.53. The van der Waals surface area contributed by atoms with E-state index in [0.29, 0.717) is 13.1 Å². The van der Waals surface area contributed by atoms with Crippen LogP contribution in [0.15, 0.2) is 18.2 Å². The number of ether oxygens (including phenoxy) is 2. The molecule has 0 aromatic heterocycles. The summed E-state index contributed by atoms with van der Waals surface area (Å²) in [5.41, 5.74) is 7.90. The number of hydrogen-bond acceptors (Lipinski definition) is 5. The summed E-state index contributed by atoms with van der Waals surface area (Å²) in [6.07, 6.45) is 1.87. The Morgan fingerprint density at radius 1 is 1.37 bits per heavy atom. The standard InChI is InChI=1S/C23H32N2O5/c1-13-4-5-15-19(10-13)30-23(2,3)16-11-14-12-25(9-8-18(14)29-21(15)16)22(28)17(24)6-7-20(26)27/h4-5,10,14,16-18,21H,6-9,11-12,24H2,1-3H3,(H,26,27)/t14-,16+,17+,18+,21-/m1/s1. The van der Waals surface area contributed by atoms with Crippen LogP contribution >= 0.6 is 0 Å². The number of nitrogens with zero attached hydrogens (tertiary/aromatic N) is 1. The molecule has 0 bridgehead atoms. The highest BCUT2D eigenvalue weighted by Gasteiger charge is 2.51. The first-order valence-corrected chi connectivity index (χ1v) is 10.9. The van der Waals surface area contributed by atoms with Gasteiger partial charge in [-0.1, -0.05) is 12.1 Å². The summed E-state index contributed by atoms with van der Waals surface area (Å²) in [6, 6.07) is 5.55. The molecule has 3 N–H and O–H groups in total. The number of likely N-dealkylation sites (tertiary alicyclic amines) is 1. The van der Waals surface area contributed by atoms with Crippen LogP contribution in [0.3, 0.4) is 0 Å². The van der Waals surface area contributed by atoms with Crippen LogP contribution in [0.1, 0.15) is 56.8 Å². The topological polar surface area (TPSA) is 102 Å². The normalized spacial score (nSPS) is 30.3. The molecule has 30 heavy (non-hydrogen) atoms. The van der Waals surface area contributed by atoms with Gasteiger partial charge in [-0.15, -0.1) is 0 Å². The van der Waals surface area contributed by atoms with Crippen LogP contribution in [0.2, 0.25) is 0 Å². The van der Waals surface area contributed by atoms with Gasteiger partial charge in [-0.2, -0.15) is 0 Å². The molecule has 3 aliphatic rings. The van der Waals surface area contributed by atoms with Gasteiger partial charge in [0.2, 0.25) is 5.91 Å². The van der Waals surface area contributed by atoms with Crippen molar-refractivity contribution in [3.8, 4) is 5.75 Å². The molecule has 0 saturated carbocycles. The maximum atomic E-state index is 12.7. The van der Waals surface area contributed by atoms with Gasteiger partial charge in [0, 0.05) is 36.9 Å². The van der Waals surface area contributed by atoms with Crippen molar-refractivity contribution in [3.05, 3.63) is 29.3 Å². The van der Waals surface area contributed by atoms with Gasteiger partial charge in [0.25, 0.3) is 0 Å². The zero-order valence-electron chi connectivity index (χ0n) is 18.0. The lowest BCUT2D eigenvalue weighted by Crippen LogP contribution is -2.57. The van der Waals surface area contributed by atoms with Crippen LogP contribution in [0.4, 0.5) is 0 Å². The molecule has 164 valence electrons. The number of hydrogen-bond donors (Lipinski definition) is 2. The zero-order chi connectivity index (χ0) is 21.6. The number of carboxylic acids is 1. The van der Waals surface area contributed by atoms with E-state index in [2.05, 4.69) is 39.0 Å². The van der Waals surface area contributed by atoms with Crippen LogP contribution in [0, 0.1) is 18.8 Å². The fourth-order valence-electron chi connectivity index (χ4n) is 5.25. The number of aryl methyl sites for hydroxylation is 1. The molecular weight excluding hydrogens is 384 g/mol. The molecule has 1 amide bonds. The maximum Gasteiger partial charge on any atom is 0.303 e. The van der Waals surface area contributed by atoms with Crippen LogP contribution in [0.5, 0.6) is 5.75 Å².